The summed E-state index contributed by atoms with van der Waals surface area (Å²) in [6.45, 7) is 1.95. The Hall–Kier alpha value is -3.85. The van der Waals surface area contributed by atoms with Crippen LogP contribution in [0.25, 0.3) is 0 Å². The standard InChI is InChI=1S/C26H18Cl3N3O5/c1-2-37-26(36)15-4-3-5-19(10-15)31-23(33)14-6-8-18(9-7-14)30-22-21(29)24(34)32(25(22)35)20-12-16(27)11-17(28)13-20/h3-13,30H,2H2,1H3,(H,31,33). The second-order valence-corrected chi connectivity index (χ2v) is 8.97. The maximum absolute atomic E-state index is 13.0. The maximum Gasteiger partial charge on any atom is 0.338 e. The number of ether oxygens (including phenoxy) is 1. The van der Waals surface area contributed by atoms with Crippen LogP contribution in [0.2, 0.25) is 10.0 Å². The van der Waals surface area contributed by atoms with Crippen LogP contribution in [0.15, 0.2) is 77.5 Å². The Balaban J connectivity index is 1.46. The molecule has 0 bridgehead atoms. The molecule has 8 nitrogen and oxygen atoms in total. The van der Waals surface area contributed by atoms with Crippen LogP contribution in [0.5, 0.6) is 0 Å². The third kappa shape index (κ3) is 5.77. The molecule has 1 aliphatic rings. The largest absolute Gasteiger partial charge is 0.462 e. The molecule has 3 amide bonds. The number of halogens is 3. The minimum absolute atomic E-state index is 0.129. The fraction of sp³-hybridized carbons (Fsp3) is 0.0769. The highest BCUT2D eigenvalue weighted by atomic mass is 35.5. The number of amides is 3. The monoisotopic (exact) mass is 557 g/mol. The van der Waals surface area contributed by atoms with Gasteiger partial charge in [0.1, 0.15) is 10.7 Å². The van der Waals surface area contributed by atoms with Crippen LogP contribution in [0, 0.1) is 0 Å². The number of imide groups is 1. The van der Waals surface area contributed by atoms with Crippen molar-refractivity contribution in [3.05, 3.63) is 98.6 Å². The van der Waals surface area contributed by atoms with Crippen molar-refractivity contribution in [2.75, 3.05) is 22.1 Å². The highest BCUT2D eigenvalue weighted by molar-refractivity contribution is 6.53. The summed E-state index contributed by atoms with van der Waals surface area (Å²) in [4.78, 5) is 51.1. The van der Waals surface area contributed by atoms with Gasteiger partial charge in [-0.05, 0) is 67.6 Å². The van der Waals surface area contributed by atoms with Gasteiger partial charge in [0.15, 0.2) is 0 Å². The zero-order valence-electron chi connectivity index (χ0n) is 19.2. The summed E-state index contributed by atoms with van der Waals surface area (Å²) in [6.07, 6.45) is 0. The first-order valence-corrected chi connectivity index (χ1v) is 12.0. The van der Waals surface area contributed by atoms with Crippen LogP contribution in [-0.2, 0) is 14.3 Å². The minimum Gasteiger partial charge on any atom is -0.462 e. The summed E-state index contributed by atoms with van der Waals surface area (Å²) in [5, 5.41) is 5.75. The second-order valence-electron chi connectivity index (χ2n) is 7.72. The molecule has 0 unspecified atom stereocenters. The second kappa shape index (κ2) is 11.0. The Morgan fingerprint density at radius 2 is 1.51 bits per heavy atom. The van der Waals surface area contributed by atoms with Gasteiger partial charge in [0.2, 0.25) is 0 Å². The van der Waals surface area contributed by atoms with Crippen LogP contribution >= 0.6 is 34.8 Å². The number of nitrogens with one attached hydrogen (secondary N) is 2. The van der Waals surface area contributed by atoms with Crippen LogP contribution < -0.4 is 15.5 Å². The number of esters is 1. The van der Waals surface area contributed by atoms with Crippen molar-refractivity contribution in [1.29, 1.82) is 0 Å². The first-order chi connectivity index (χ1) is 17.7. The van der Waals surface area contributed by atoms with E-state index in [0.717, 1.165) is 4.90 Å². The molecule has 0 aromatic heterocycles. The van der Waals surface area contributed by atoms with Crippen LogP contribution in [0.1, 0.15) is 27.6 Å². The number of carbonyl (C=O) groups is 4. The molecular weight excluding hydrogens is 541 g/mol. The van der Waals surface area contributed by atoms with Gasteiger partial charge in [0.25, 0.3) is 17.7 Å². The number of nitrogens with zero attached hydrogens (tertiary/aromatic N) is 1. The lowest BCUT2D eigenvalue weighted by atomic mass is 10.1. The van der Waals surface area contributed by atoms with Gasteiger partial charge in [-0.2, -0.15) is 0 Å². The molecule has 11 heteroatoms. The lowest BCUT2D eigenvalue weighted by Crippen LogP contribution is -2.32. The summed E-state index contributed by atoms with van der Waals surface area (Å²) in [5.74, 6) is -2.31. The van der Waals surface area contributed by atoms with Gasteiger partial charge in [-0.1, -0.05) is 40.9 Å². The molecule has 1 heterocycles. The van der Waals surface area contributed by atoms with Gasteiger partial charge >= 0.3 is 5.97 Å². The molecule has 188 valence electrons. The maximum atomic E-state index is 13.0. The predicted molar refractivity (Wildman–Crippen MR) is 142 cm³/mol. The van der Waals surface area contributed by atoms with E-state index in [1.807, 2.05) is 0 Å². The summed E-state index contributed by atoms with van der Waals surface area (Å²) in [7, 11) is 0. The molecule has 1 aliphatic heterocycles. The van der Waals surface area contributed by atoms with Gasteiger partial charge in [-0.3, -0.25) is 14.4 Å². The molecule has 3 aromatic rings. The Bertz CT molecular complexity index is 1430. The summed E-state index contributed by atoms with van der Waals surface area (Å²) >= 11 is 18.2. The number of anilines is 3. The first kappa shape index (κ1) is 26.2. The molecule has 2 N–H and O–H groups in total. The van der Waals surface area contributed by atoms with Gasteiger partial charge in [0.05, 0.1) is 17.9 Å². The Kier molecular flexibility index (Phi) is 7.83. The number of rotatable bonds is 7. The zero-order valence-corrected chi connectivity index (χ0v) is 21.4. The number of benzene rings is 3. The van der Waals surface area contributed by atoms with Crippen molar-refractivity contribution >= 4 is 75.6 Å². The van der Waals surface area contributed by atoms with Crippen molar-refractivity contribution in [1.82, 2.24) is 0 Å². The van der Waals surface area contributed by atoms with Crippen molar-refractivity contribution in [3.8, 4) is 0 Å². The van der Waals surface area contributed by atoms with E-state index < -0.39 is 23.7 Å². The molecule has 0 saturated carbocycles. The van der Waals surface area contributed by atoms with E-state index >= 15 is 0 Å². The topological polar surface area (TPSA) is 105 Å². The van der Waals surface area contributed by atoms with Crippen LogP contribution in [0.4, 0.5) is 17.1 Å². The molecular formula is C26H18Cl3N3O5. The van der Waals surface area contributed by atoms with E-state index in [4.69, 9.17) is 39.5 Å². The Morgan fingerprint density at radius 3 is 2.16 bits per heavy atom. The van der Waals surface area contributed by atoms with Gasteiger partial charge in [-0.25, -0.2) is 9.69 Å². The third-order valence-electron chi connectivity index (χ3n) is 5.18. The van der Waals surface area contributed by atoms with E-state index in [2.05, 4.69) is 10.6 Å². The average Bonchev–Trinajstić information content (AvgIpc) is 3.07. The third-order valence-corrected chi connectivity index (χ3v) is 5.97. The van der Waals surface area contributed by atoms with Crippen molar-refractivity contribution in [2.45, 2.75) is 6.92 Å². The number of hydrogen-bond donors (Lipinski definition) is 2. The normalized spacial score (nSPS) is 13.1. The van der Waals surface area contributed by atoms with E-state index in [1.165, 1.54) is 36.4 Å². The molecule has 0 radical (unpaired) electrons. The van der Waals surface area contributed by atoms with Crippen molar-refractivity contribution < 1.29 is 23.9 Å². The van der Waals surface area contributed by atoms with E-state index in [1.54, 1.807) is 37.3 Å². The molecule has 0 atom stereocenters. The fourth-order valence-electron chi connectivity index (χ4n) is 3.51. The number of hydrogen-bond acceptors (Lipinski definition) is 6. The van der Waals surface area contributed by atoms with E-state index in [9.17, 15) is 19.2 Å². The highest BCUT2D eigenvalue weighted by Crippen LogP contribution is 2.33. The fourth-order valence-corrected chi connectivity index (χ4v) is 4.23. The van der Waals surface area contributed by atoms with Crippen molar-refractivity contribution in [2.24, 2.45) is 0 Å². The SMILES string of the molecule is CCOC(=O)c1cccc(NC(=O)c2ccc(NC3=C(Cl)C(=O)N(c4cc(Cl)cc(Cl)c4)C3=O)cc2)c1. The molecule has 3 aromatic carbocycles. The summed E-state index contributed by atoms with van der Waals surface area (Å²) < 4.78 is 4.97. The molecule has 0 aliphatic carbocycles. The minimum atomic E-state index is -0.728. The Morgan fingerprint density at radius 1 is 0.838 bits per heavy atom. The molecule has 0 saturated heterocycles. The van der Waals surface area contributed by atoms with Crippen molar-refractivity contribution in [3.63, 3.8) is 0 Å². The molecule has 0 fully saturated rings. The molecule has 4 rings (SSSR count). The summed E-state index contributed by atoms with van der Waals surface area (Å²) in [6, 6.07) is 16.9. The number of carbonyl (C=O) groups excluding carboxylic acids is 4. The highest BCUT2D eigenvalue weighted by Gasteiger charge is 2.39. The first-order valence-electron chi connectivity index (χ1n) is 10.9. The predicted octanol–water partition coefficient (Wildman–Crippen LogP) is 5.86. The quantitative estimate of drug-likeness (QED) is 0.278. The lowest BCUT2D eigenvalue weighted by Gasteiger charge is -2.16. The van der Waals surface area contributed by atoms with E-state index in [0.29, 0.717) is 22.5 Å². The zero-order chi connectivity index (χ0) is 26.7. The van der Waals surface area contributed by atoms with Crippen LogP contribution in [-0.4, -0.2) is 30.3 Å². The molecule has 0 spiro atoms. The van der Waals surface area contributed by atoms with Crippen LogP contribution in [0.3, 0.4) is 0 Å². The summed E-state index contributed by atoms with van der Waals surface area (Å²) in [5.41, 5.74) is 1.52. The van der Waals surface area contributed by atoms with Gasteiger partial charge in [-0.15, -0.1) is 0 Å². The lowest BCUT2D eigenvalue weighted by molar-refractivity contribution is -0.120. The average molecular weight is 559 g/mol. The van der Waals surface area contributed by atoms with E-state index in [-0.39, 0.29) is 33.1 Å². The van der Waals surface area contributed by atoms with Gasteiger partial charge < -0.3 is 15.4 Å². The van der Waals surface area contributed by atoms with Gasteiger partial charge in [0, 0.05) is 27.0 Å². The Labute approximate surface area is 226 Å². The smallest absolute Gasteiger partial charge is 0.338 e. The molecule has 37 heavy (non-hydrogen) atoms.